The van der Waals surface area contributed by atoms with Crippen molar-refractivity contribution in [3.8, 4) is 0 Å². The summed E-state index contributed by atoms with van der Waals surface area (Å²) >= 11 is 6.12. The number of alkyl halides is 2. The Hall–Kier alpha value is -2.69. The summed E-state index contributed by atoms with van der Waals surface area (Å²) in [5.74, 6) is -3.14. The molecule has 9 nitrogen and oxygen atoms in total. The van der Waals surface area contributed by atoms with Crippen LogP contribution < -0.4 is 10.2 Å². The highest BCUT2D eigenvalue weighted by molar-refractivity contribution is 6.30. The highest BCUT2D eigenvalue weighted by Crippen LogP contribution is 2.33. The van der Waals surface area contributed by atoms with E-state index in [1.54, 1.807) is 27.7 Å². The van der Waals surface area contributed by atoms with Gasteiger partial charge in [0.1, 0.15) is 28.5 Å². The first-order valence-corrected chi connectivity index (χ1v) is 10.6. The average molecular weight is 474 g/mol. The molecule has 0 aliphatic carbocycles. The number of rotatable bonds is 5. The normalized spacial score (nSPS) is 18.5. The molecule has 1 unspecified atom stereocenters. The summed E-state index contributed by atoms with van der Waals surface area (Å²) < 4.78 is 39.2. The van der Waals surface area contributed by atoms with Crippen LogP contribution >= 0.6 is 11.6 Å². The Balaban J connectivity index is 1.87. The van der Waals surface area contributed by atoms with Crippen molar-refractivity contribution >= 4 is 40.5 Å². The van der Waals surface area contributed by atoms with Crippen molar-refractivity contribution in [2.24, 2.45) is 0 Å². The summed E-state index contributed by atoms with van der Waals surface area (Å²) in [5.41, 5.74) is -0.0151. The number of imidazole rings is 1. The van der Waals surface area contributed by atoms with Crippen LogP contribution in [0.5, 0.6) is 0 Å². The summed E-state index contributed by atoms with van der Waals surface area (Å²) in [6, 6.07) is 0.614. The standard InChI is InChI=1S/C20H26ClF2N5O4/c1-5-31-15(29)7-14-25-12-6-13(21)26-17(16(12)27-14)28-9-11(8-20(22,23)10-28)24-18(30)32-19(2,3)4/h6,11H,5,7-10H2,1-4H3,(H,24,30)(H,25,27). The van der Waals surface area contributed by atoms with Crippen LogP contribution in [-0.2, 0) is 20.7 Å². The van der Waals surface area contributed by atoms with Crippen LogP contribution in [0.3, 0.4) is 0 Å². The number of pyridine rings is 1. The van der Waals surface area contributed by atoms with Gasteiger partial charge in [-0.3, -0.25) is 4.79 Å². The molecule has 2 aromatic heterocycles. The number of nitrogens with zero attached hydrogens (tertiary/aromatic N) is 3. The Bertz CT molecular complexity index is 1010. The highest BCUT2D eigenvalue weighted by atomic mass is 35.5. The van der Waals surface area contributed by atoms with Gasteiger partial charge in [0.05, 0.1) is 24.7 Å². The van der Waals surface area contributed by atoms with Crippen LogP contribution in [0.4, 0.5) is 19.4 Å². The lowest BCUT2D eigenvalue weighted by atomic mass is 10.0. The Labute approximate surface area is 188 Å². The molecule has 1 aliphatic heterocycles. The molecule has 2 N–H and O–H groups in total. The molecule has 1 aliphatic rings. The highest BCUT2D eigenvalue weighted by Gasteiger charge is 2.42. The smallest absolute Gasteiger partial charge is 0.407 e. The molecule has 1 atom stereocenters. The van der Waals surface area contributed by atoms with Gasteiger partial charge in [0.2, 0.25) is 0 Å². The number of esters is 1. The Morgan fingerprint density at radius 1 is 1.38 bits per heavy atom. The molecule has 0 spiro atoms. The van der Waals surface area contributed by atoms with E-state index in [2.05, 4.69) is 20.3 Å². The second-order valence-electron chi connectivity index (χ2n) is 8.61. The van der Waals surface area contributed by atoms with Crippen molar-refractivity contribution in [1.29, 1.82) is 0 Å². The second kappa shape index (κ2) is 9.05. The van der Waals surface area contributed by atoms with Gasteiger partial charge in [-0.2, -0.15) is 0 Å². The number of nitrogens with one attached hydrogen (secondary N) is 2. The van der Waals surface area contributed by atoms with Gasteiger partial charge in [0.25, 0.3) is 5.92 Å². The number of aromatic nitrogens is 3. The van der Waals surface area contributed by atoms with E-state index >= 15 is 0 Å². The van der Waals surface area contributed by atoms with Gasteiger partial charge in [0.15, 0.2) is 5.82 Å². The number of carbonyl (C=O) groups is 2. The summed E-state index contributed by atoms with van der Waals surface area (Å²) in [7, 11) is 0. The molecule has 0 aromatic carbocycles. The predicted molar refractivity (Wildman–Crippen MR) is 114 cm³/mol. The molecule has 3 heterocycles. The SMILES string of the molecule is CCOC(=O)Cc1nc2c(N3CC(NC(=O)OC(C)(C)C)CC(F)(F)C3)nc(Cl)cc2[nH]1. The number of amides is 1. The minimum absolute atomic E-state index is 0.0529. The monoisotopic (exact) mass is 473 g/mol. The largest absolute Gasteiger partial charge is 0.466 e. The molecular weight excluding hydrogens is 448 g/mol. The Morgan fingerprint density at radius 3 is 2.75 bits per heavy atom. The number of anilines is 1. The van der Waals surface area contributed by atoms with Crippen molar-refractivity contribution in [3.05, 3.63) is 17.0 Å². The van der Waals surface area contributed by atoms with Crippen molar-refractivity contribution in [2.45, 2.75) is 58.1 Å². The number of H-pyrrole nitrogens is 1. The number of hydrogen-bond acceptors (Lipinski definition) is 7. The number of aromatic amines is 1. The average Bonchev–Trinajstić information content (AvgIpc) is 2.99. The Morgan fingerprint density at radius 2 is 2.09 bits per heavy atom. The summed E-state index contributed by atoms with van der Waals surface area (Å²) in [6.07, 6.45) is -1.43. The molecule has 2 aromatic rings. The second-order valence-corrected chi connectivity index (χ2v) is 9.00. The topological polar surface area (TPSA) is 109 Å². The van der Waals surface area contributed by atoms with Crippen LogP contribution in [0.25, 0.3) is 11.0 Å². The van der Waals surface area contributed by atoms with E-state index in [1.165, 1.54) is 11.0 Å². The van der Waals surface area contributed by atoms with E-state index in [9.17, 15) is 18.4 Å². The molecule has 0 saturated carbocycles. The van der Waals surface area contributed by atoms with Crippen LogP contribution in [0.15, 0.2) is 6.07 Å². The lowest BCUT2D eigenvalue weighted by molar-refractivity contribution is -0.142. The van der Waals surface area contributed by atoms with Gasteiger partial charge in [0, 0.05) is 19.0 Å². The zero-order valence-electron chi connectivity index (χ0n) is 18.3. The first-order valence-electron chi connectivity index (χ1n) is 10.2. The van der Waals surface area contributed by atoms with Crippen molar-refractivity contribution < 1.29 is 27.8 Å². The molecule has 0 radical (unpaired) electrons. The van der Waals surface area contributed by atoms with E-state index in [-0.39, 0.29) is 30.5 Å². The quantitative estimate of drug-likeness (QED) is 0.505. The fraction of sp³-hybridized carbons (Fsp3) is 0.600. The number of halogens is 3. The first-order chi connectivity index (χ1) is 14.8. The maximum Gasteiger partial charge on any atom is 0.407 e. The maximum absolute atomic E-state index is 14.6. The number of alkyl carbamates (subject to hydrolysis) is 1. The van der Waals surface area contributed by atoms with Gasteiger partial charge in [-0.15, -0.1) is 0 Å². The maximum atomic E-state index is 14.6. The van der Waals surface area contributed by atoms with Crippen LogP contribution in [0.1, 0.15) is 39.9 Å². The number of piperidine rings is 1. The molecule has 32 heavy (non-hydrogen) atoms. The summed E-state index contributed by atoms with van der Waals surface area (Å²) in [6.45, 7) is 6.41. The van der Waals surface area contributed by atoms with Crippen molar-refractivity contribution in [2.75, 3.05) is 24.6 Å². The zero-order chi connectivity index (χ0) is 23.7. The fourth-order valence-corrected chi connectivity index (χ4v) is 3.69. The molecule has 1 saturated heterocycles. The first kappa shape index (κ1) is 24.0. The molecule has 1 amide bonds. The zero-order valence-corrected chi connectivity index (χ0v) is 19.1. The van der Waals surface area contributed by atoms with E-state index in [0.717, 1.165) is 0 Å². The lowest BCUT2D eigenvalue weighted by Gasteiger charge is -2.38. The molecule has 1 fully saturated rings. The molecular formula is C20H26ClF2N5O4. The number of hydrogen-bond donors (Lipinski definition) is 2. The van der Waals surface area contributed by atoms with Gasteiger partial charge in [-0.1, -0.05) is 11.6 Å². The van der Waals surface area contributed by atoms with E-state index in [1.807, 2.05) is 0 Å². The lowest BCUT2D eigenvalue weighted by Crippen LogP contribution is -2.56. The Kier molecular flexibility index (Phi) is 6.77. The molecule has 3 rings (SSSR count). The summed E-state index contributed by atoms with van der Waals surface area (Å²) in [4.78, 5) is 36.7. The predicted octanol–water partition coefficient (Wildman–Crippen LogP) is 3.46. The van der Waals surface area contributed by atoms with Gasteiger partial charge >= 0.3 is 12.1 Å². The van der Waals surface area contributed by atoms with Crippen LogP contribution in [0, 0.1) is 0 Å². The molecule has 0 bridgehead atoms. The van der Waals surface area contributed by atoms with Gasteiger partial charge in [-0.05, 0) is 27.7 Å². The fourth-order valence-electron chi connectivity index (χ4n) is 3.50. The minimum atomic E-state index is -3.10. The number of fused-ring (bicyclic) bond motifs is 1. The van der Waals surface area contributed by atoms with Gasteiger partial charge < -0.3 is 24.7 Å². The van der Waals surface area contributed by atoms with E-state index in [0.29, 0.717) is 16.9 Å². The third kappa shape index (κ3) is 6.18. The molecule has 12 heteroatoms. The summed E-state index contributed by atoms with van der Waals surface area (Å²) in [5, 5.41) is 2.58. The minimum Gasteiger partial charge on any atom is -0.466 e. The van der Waals surface area contributed by atoms with E-state index in [4.69, 9.17) is 21.1 Å². The van der Waals surface area contributed by atoms with Crippen molar-refractivity contribution in [1.82, 2.24) is 20.3 Å². The van der Waals surface area contributed by atoms with Crippen LogP contribution in [0.2, 0.25) is 5.15 Å². The van der Waals surface area contributed by atoms with Crippen LogP contribution in [-0.4, -0.2) is 64.3 Å². The third-order valence-electron chi connectivity index (χ3n) is 4.51. The van der Waals surface area contributed by atoms with Gasteiger partial charge in [-0.25, -0.2) is 23.5 Å². The molecule has 176 valence electrons. The van der Waals surface area contributed by atoms with Crippen molar-refractivity contribution in [3.63, 3.8) is 0 Å². The number of carbonyl (C=O) groups excluding carboxylic acids is 2. The third-order valence-corrected chi connectivity index (χ3v) is 4.71. The van der Waals surface area contributed by atoms with E-state index < -0.39 is 42.6 Å². The number of ether oxygens (including phenoxy) is 2.